The van der Waals surface area contributed by atoms with Crippen molar-refractivity contribution in [1.82, 2.24) is 15.1 Å². The molecule has 0 radical (unpaired) electrons. The first kappa shape index (κ1) is 19.1. The van der Waals surface area contributed by atoms with Crippen LogP contribution in [0.2, 0.25) is 5.02 Å². The molecule has 1 amide bonds. The number of aryl methyl sites for hydroxylation is 1. The number of ether oxygens (including phenoxy) is 1. The van der Waals surface area contributed by atoms with Crippen LogP contribution in [0, 0.1) is 6.92 Å². The molecular weight excluding hydrogens is 412 g/mol. The Bertz CT molecular complexity index is 1140. The highest BCUT2D eigenvalue weighted by Gasteiger charge is 2.15. The number of rotatable bonds is 6. The maximum Gasteiger partial charge on any atom is 0.261 e. The SMILES string of the molecule is Cc1nc(COc2ccccc2C(=O)Nc2nc(-c3ccc(Cl)cc3)cs2)no1. The average Bonchev–Trinajstić information content (AvgIpc) is 3.36. The molecule has 0 aliphatic heterocycles. The average molecular weight is 427 g/mol. The number of amides is 1. The van der Waals surface area contributed by atoms with Crippen LogP contribution in [-0.4, -0.2) is 21.0 Å². The van der Waals surface area contributed by atoms with E-state index in [1.807, 2.05) is 17.5 Å². The molecule has 2 heterocycles. The van der Waals surface area contributed by atoms with E-state index in [-0.39, 0.29) is 12.5 Å². The van der Waals surface area contributed by atoms with Crippen LogP contribution in [-0.2, 0) is 6.61 Å². The van der Waals surface area contributed by atoms with Crippen molar-refractivity contribution in [2.45, 2.75) is 13.5 Å². The van der Waals surface area contributed by atoms with Crippen LogP contribution in [0.5, 0.6) is 5.75 Å². The lowest BCUT2D eigenvalue weighted by molar-refractivity contribution is 0.102. The minimum atomic E-state index is -0.318. The third-order valence-electron chi connectivity index (χ3n) is 3.92. The van der Waals surface area contributed by atoms with Gasteiger partial charge in [0.2, 0.25) is 11.7 Å². The van der Waals surface area contributed by atoms with Gasteiger partial charge in [-0.25, -0.2) is 4.98 Å². The smallest absolute Gasteiger partial charge is 0.261 e. The minimum absolute atomic E-state index is 0.0968. The largest absolute Gasteiger partial charge is 0.485 e. The summed E-state index contributed by atoms with van der Waals surface area (Å²) in [5.41, 5.74) is 2.07. The van der Waals surface area contributed by atoms with Crippen LogP contribution in [0.25, 0.3) is 11.3 Å². The number of hydrogen-bond acceptors (Lipinski definition) is 7. The second-order valence-electron chi connectivity index (χ2n) is 6.01. The standard InChI is InChI=1S/C20H15ClN4O3S/c1-12-22-18(25-28-12)10-27-17-5-3-2-4-15(17)19(26)24-20-23-16(11-29-20)13-6-8-14(21)9-7-13/h2-9,11H,10H2,1H3,(H,23,24,26). The predicted molar refractivity (Wildman–Crippen MR) is 110 cm³/mol. The summed E-state index contributed by atoms with van der Waals surface area (Å²) in [5, 5.41) is 9.62. The van der Waals surface area contributed by atoms with E-state index in [0.29, 0.717) is 33.2 Å². The van der Waals surface area contributed by atoms with Gasteiger partial charge in [-0.2, -0.15) is 4.98 Å². The topological polar surface area (TPSA) is 90.1 Å². The second-order valence-corrected chi connectivity index (χ2v) is 7.31. The van der Waals surface area contributed by atoms with Crippen LogP contribution in [0.4, 0.5) is 5.13 Å². The molecule has 146 valence electrons. The summed E-state index contributed by atoms with van der Waals surface area (Å²) in [6.07, 6.45) is 0. The number of nitrogens with one attached hydrogen (secondary N) is 1. The van der Waals surface area contributed by atoms with Crippen molar-refractivity contribution >= 4 is 34.0 Å². The number of anilines is 1. The van der Waals surface area contributed by atoms with E-state index in [2.05, 4.69) is 20.4 Å². The fourth-order valence-corrected chi connectivity index (χ4v) is 3.41. The number of carbonyl (C=O) groups excluding carboxylic acids is 1. The first-order chi connectivity index (χ1) is 14.1. The van der Waals surface area contributed by atoms with Gasteiger partial charge in [0.15, 0.2) is 11.7 Å². The van der Waals surface area contributed by atoms with Crippen molar-refractivity contribution in [3.8, 4) is 17.0 Å². The number of nitrogens with zero attached hydrogens (tertiary/aromatic N) is 3. The molecule has 9 heteroatoms. The van der Waals surface area contributed by atoms with Crippen LogP contribution < -0.4 is 10.1 Å². The molecule has 0 fully saturated rings. The molecule has 0 saturated carbocycles. The van der Waals surface area contributed by atoms with Crippen LogP contribution in [0.1, 0.15) is 22.1 Å². The van der Waals surface area contributed by atoms with Gasteiger partial charge >= 0.3 is 0 Å². The number of benzene rings is 2. The van der Waals surface area contributed by atoms with E-state index >= 15 is 0 Å². The number of carbonyl (C=O) groups is 1. The third-order valence-corrected chi connectivity index (χ3v) is 4.93. The summed E-state index contributed by atoms with van der Waals surface area (Å²) in [4.78, 5) is 21.3. The van der Waals surface area contributed by atoms with E-state index < -0.39 is 0 Å². The Hall–Kier alpha value is -3.23. The van der Waals surface area contributed by atoms with E-state index in [1.165, 1.54) is 11.3 Å². The lowest BCUT2D eigenvalue weighted by atomic mass is 10.2. The number of para-hydroxylation sites is 1. The first-order valence-corrected chi connectivity index (χ1v) is 9.88. The molecule has 0 aliphatic rings. The number of aromatic nitrogens is 3. The molecule has 0 bridgehead atoms. The van der Waals surface area contributed by atoms with Gasteiger partial charge in [0.1, 0.15) is 5.75 Å². The summed E-state index contributed by atoms with van der Waals surface area (Å²) in [5.74, 6) is 0.962. The molecule has 7 nitrogen and oxygen atoms in total. The molecule has 0 atom stereocenters. The summed E-state index contributed by atoms with van der Waals surface area (Å²) >= 11 is 7.26. The molecule has 29 heavy (non-hydrogen) atoms. The van der Waals surface area contributed by atoms with Crippen LogP contribution in [0.3, 0.4) is 0 Å². The molecule has 2 aromatic carbocycles. The van der Waals surface area contributed by atoms with Gasteiger partial charge < -0.3 is 9.26 Å². The van der Waals surface area contributed by atoms with E-state index in [0.717, 1.165) is 11.3 Å². The fourth-order valence-electron chi connectivity index (χ4n) is 2.57. The van der Waals surface area contributed by atoms with Crippen LogP contribution in [0.15, 0.2) is 58.4 Å². The van der Waals surface area contributed by atoms with Crippen molar-refractivity contribution in [2.24, 2.45) is 0 Å². The lowest BCUT2D eigenvalue weighted by Crippen LogP contribution is -2.13. The molecular formula is C20H15ClN4O3S. The molecule has 1 N–H and O–H groups in total. The Kier molecular flexibility index (Phi) is 5.55. The van der Waals surface area contributed by atoms with E-state index in [1.54, 1.807) is 43.3 Å². The molecule has 2 aromatic heterocycles. The predicted octanol–water partition coefficient (Wildman–Crippen LogP) is 4.99. The second kappa shape index (κ2) is 8.42. The van der Waals surface area contributed by atoms with Crippen molar-refractivity contribution in [3.63, 3.8) is 0 Å². The van der Waals surface area contributed by atoms with Crippen molar-refractivity contribution in [3.05, 3.63) is 76.2 Å². The molecule has 0 unspecified atom stereocenters. The fraction of sp³-hybridized carbons (Fsp3) is 0.100. The number of thiazole rings is 1. The summed E-state index contributed by atoms with van der Waals surface area (Å²) < 4.78 is 10.6. The van der Waals surface area contributed by atoms with Gasteiger partial charge in [-0.15, -0.1) is 11.3 Å². The van der Waals surface area contributed by atoms with Crippen molar-refractivity contribution in [1.29, 1.82) is 0 Å². The quantitative estimate of drug-likeness (QED) is 0.467. The number of hydrogen-bond donors (Lipinski definition) is 1. The Morgan fingerprint density at radius 2 is 1.97 bits per heavy atom. The highest BCUT2D eigenvalue weighted by Crippen LogP contribution is 2.27. The van der Waals surface area contributed by atoms with Gasteiger partial charge in [0, 0.05) is 22.9 Å². The highest BCUT2D eigenvalue weighted by atomic mass is 35.5. The van der Waals surface area contributed by atoms with Crippen molar-refractivity contribution < 1.29 is 14.1 Å². The van der Waals surface area contributed by atoms with E-state index in [4.69, 9.17) is 20.9 Å². The monoisotopic (exact) mass is 426 g/mol. The molecule has 0 spiro atoms. The van der Waals surface area contributed by atoms with Gasteiger partial charge in [-0.05, 0) is 24.3 Å². The molecule has 4 aromatic rings. The normalized spacial score (nSPS) is 10.7. The van der Waals surface area contributed by atoms with Gasteiger partial charge in [-0.3, -0.25) is 10.1 Å². The zero-order valence-electron chi connectivity index (χ0n) is 15.3. The molecule has 0 aliphatic carbocycles. The Morgan fingerprint density at radius 1 is 1.17 bits per heavy atom. The highest BCUT2D eigenvalue weighted by molar-refractivity contribution is 7.14. The van der Waals surface area contributed by atoms with E-state index in [9.17, 15) is 4.79 Å². The molecule has 4 rings (SSSR count). The zero-order valence-corrected chi connectivity index (χ0v) is 16.8. The maximum absolute atomic E-state index is 12.7. The maximum atomic E-state index is 12.7. The summed E-state index contributed by atoms with van der Waals surface area (Å²) in [7, 11) is 0. The Labute approximate surface area is 175 Å². The summed E-state index contributed by atoms with van der Waals surface area (Å²) in [6, 6.07) is 14.3. The van der Waals surface area contributed by atoms with Gasteiger partial charge in [-0.1, -0.05) is 41.0 Å². The summed E-state index contributed by atoms with van der Waals surface area (Å²) in [6.45, 7) is 1.80. The van der Waals surface area contributed by atoms with Gasteiger partial charge in [0.05, 0.1) is 11.3 Å². The third kappa shape index (κ3) is 4.61. The first-order valence-electron chi connectivity index (χ1n) is 8.62. The zero-order chi connectivity index (χ0) is 20.2. The number of halogens is 1. The molecule has 0 saturated heterocycles. The Balaban J connectivity index is 1.47. The van der Waals surface area contributed by atoms with Crippen molar-refractivity contribution in [2.75, 3.05) is 5.32 Å². The minimum Gasteiger partial charge on any atom is -0.485 e. The Morgan fingerprint density at radius 3 is 2.72 bits per heavy atom. The van der Waals surface area contributed by atoms with Gasteiger partial charge in [0.25, 0.3) is 5.91 Å². The lowest BCUT2D eigenvalue weighted by Gasteiger charge is -2.09. The van der Waals surface area contributed by atoms with Crippen LogP contribution >= 0.6 is 22.9 Å².